The summed E-state index contributed by atoms with van der Waals surface area (Å²) < 4.78 is 0. The van der Waals surface area contributed by atoms with Gasteiger partial charge in [-0.05, 0) is 25.7 Å². The Morgan fingerprint density at radius 2 is 2.24 bits per heavy atom. The Morgan fingerprint density at radius 1 is 1.47 bits per heavy atom. The Bertz CT molecular complexity index is 372. The fourth-order valence-electron chi connectivity index (χ4n) is 2.18. The normalized spacial score (nSPS) is 16.8. The van der Waals surface area contributed by atoms with Crippen molar-refractivity contribution in [3.63, 3.8) is 0 Å². The van der Waals surface area contributed by atoms with E-state index in [0.29, 0.717) is 11.0 Å². The molecule has 0 aliphatic heterocycles. The summed E-state index contributed by atoms with van der Waals surface area (Å²) in [6.07, 6.45) is 8.22. The zero-order chi connectivity index (χ0) is 12.1. The van der Waals surface area contributed by atoms with Gasteiger partial charge in [0.15, 0.2) is 5.13 Å². The van der Waals surface area contributed by atoms with Gasteiger partial charge in [-0.15, -0.1) is 11.3 Å². The Hall–Kier alpha value is -1.10. The molecule has 5 heteroatoms. The van der Waals surface area contributed by atoms with E-state index in [-0.39, 0.29) is 6.03 Å². The minimum Gasteiger partial charge on any atom is -0.338 e. The van der Waals surface area contributed by atoms with E-state index in [2.05, 4.69) is 15.6 Å². The lowest BCUT2D eigenvalue weighted by Gasteiger charge is -2.21. The molecule has 0 radical (unpaired) electrons. The molecule has 0 bridgehead atoms. The molecule has 17 heavy (non-hydrogen) atoms. The van der Waals surface area contributed by atoms with Crippen LogP contribution in [-0.4, -0.2) is 17.6 Å². The van der Waals surface area contributed by atoms with Crippen LogP contribution in [-0.2, 0) is 0 Å². The van der Waals surface area contributed by atoms with Crippen LogP contribution < -0.4 is 10.6 Å². The van der Waals surface area contributed by atoms with Gasteiger partial charge < -0.3 is 5.32 Å². The highest BCUT2D eigenvalue weighted by Crippen LogP contribution is 2.22. The van der Waals surface area contributed by atoms with Crippen LogP contribution in [0.5, 0.6) is 0 Å². The lowest BCUT2D eigenvalue weighted by atomic mass is 9.89. The van der Waals surface area contributed by atoms with Gasteiger partial charge in [-0.25, -0.2) is 9.78 Å². The summed E-state index contributed by atoms with van der Waals surface area (Å²) in [5.74, 6) is 0.660. The Kier molecular flexibility index (Phi) is 4.36. The molecule has 94 valence electrons. The third-order valence-electron chi connectivity index (χ3n) is 3.12. The third-order valence-corrected chi connectivity index (χ3v) is 3.95. The quantitative estimate of drug-likeness (QED) is 0.869. The molecule has 0 spiro atoms. The first-order chi connectivity index (χ1) is 8.24. The predicted octanol–water partition coefficient (Wildman–Crippen LogP) is 3.15. The number of hydrogen-bond donors (Lipinski definition) is 2. The molecule has 2 rings (SSSR count). The smallest absolute Gasteiger partial charge is 0.321 e. The Morgan fingerprint density at radius 3 is 2.88 bits per heavy atom. The molecule has 1 aliphatic carbocycles. The summed E-state index contributed by atoms with van der Waals surface area (Å²) in [6, 6.07) is -0.134. The number of nitrogens with one attached hydrogen (secondary N) is 2. The number of hydrogen-bond acceptors (Lipinski definition) is 3. The molecule has 1 saturated carbocycles. The molecule has 0 saturated heterocycles. The third kappa shape index (κ3) is 4.00. The van der Waals surface area contributed by atoms with E-state index >= 15 is 0 Å². The standard InChI is InChI=1S/C12H19N3OS/c1-9-7-14-12(17-9)15-11(16)13-8-10-5-3-2-4-6-10/h7,10H,2-6,8H2,1H3,(H2,13,14,15,16). The van der Waals surface area contributed by atoms with Crippen LogP contribution in [0.25, 0.3) is 0 Å². The van der Waals surface area contributed by atoms with Gasteiger partial charge in [-0.3, -0.25) is 5.32 Å². The number of anilines is 1. The van der Waals surface area contributed by atoms with Crippen LogP contribution in [0.1, 0.15) is 37.0 Å². The van der Waals surface area contributed by atoms with Crippen LogP contribution >= 0.6 is 11.3 Å². The molecule has 0 unspecified atom stereocenters. The Balaban J connectivity index is 1.70. The van der Waals surface area contributed by atoms with Crippen molar-refractivity contribution in [3.05, 3.63) is 11.1 Å². The molecule has 1 aliphatic rings. The summed E-state index contributed by atoms with van der Waals surface area (Å²) >= 11 is 1.49. The summed E-state index contributed by atoms with van der Waals surface area (Å²) in [4.78, 5) is 16.8. The van der Waals surface area contributed by atoms with Crippen molar-refractivity contribution in [2.75, 3.05) is 11.9 Å². The molecule has 4 nitrogen and oxygen atoms in total. The fraction of sp³-hybridized carbons (Fsp3) is 0.667. The van der Waals surface area contributed by atoms with Crippen LogP contribution in [0.4, 0.5) is 9.93 Å². The van der Waals surface area contributed by atoms with Gasteiger partial charge in [0.2, 0.25) is 0 Å². The maximum atomic E-state index is 11.6. The number of thiazole rings is 1. The van der Waals surface area contributed by atoms with E-state index in [1.54, 1.807) is 6.20 Å². The SMILES string of the molecule is Cc1cnc(NC(=O)NCC2CCCCC2)s1. The second-order valence-electron chi connectivity index (χ2n) is 4.62. The number of amides is 2. The number of urea groups is 1. The first-order valence-corrected chi connectivity index (χ1v) is 7.03. The van der Waals surface area contributed by atoms with Crippen molar-refractivity contribution in [2.24, 2.45) is 5.92 Å². The Labute approximate surface area is 106 Å². The summed E-state index contributed by atoms with van der Waals surface area (Å²) in [5, 5.41) is 6.36. The number of aryl methyl sites for hydroxylation is 1. The highest BCUT2D eigenvalue weighted by atomic mass is 32.1. The second kappa shape index (κ2) is 6.00. The number of aromatic nitrogens is 1. The summed E-state index contributed by atoms with van der Waals surface area (Å²) in [6.45, 7) is 2.76. The molecule has 1 heterocycles. The van der Waals surface area contributed by atoms with Crippen molar-refractivity contribution in [3.8, 4) is 0 Å². The first-order valence-electron chi connectivity index (χ1n) is 6.21. The van der Waals surface area contributed by atoms with Gasteiger partial charge in [0.1, 0.15) is 0 Å². The average Bonchev–Trinajstić information content (AvgIpc) is 2.73. The van der Waals surface area contributed by atoms with E-state index in [1.165, 1.54) is 43.4 Å². The summed E-state index contributed by atoms with van der Waals surface area (Å²) in [5.41, 5.74) is 0. The van der Waals surface area contributed by atoms with Gasteiger partial charge in [0.25, 0.3) is 0 Å². The van der Waals surface area contributed by atoms with Crippen LogP contribution in [0.2, 0.25) is 0 Å². The van der Waals surface area contributed by atoms with E-state index in [0.717, 1.165) is 11.4 Å². The van der Waals surface area contributed by atoms with Crippen LogP contribution in [0, 0.1) is 12.8 Å². The van der Waals surface area contributed by atoms with Gasteiger partial charge in [-0.2, -0.15) is 0 Å². The van der Waals surface area contributed by atoms with Crippen molar-refractivity contribution in [2.45, 2.75) is 39.0 Å². The molecule has 0 aromatic carbocycles. The molecule has 1 aromatic rings. The highest BCUT2D eigenvalue weighted by Gasteiger charge is 2.14. The van der Waals surface area contributed by atoms with Crippen LogP contribution in [0.15, 0.2) is 6.20 Å². The maximum absolute atomic E-state index is 11.6. The number of carbonyl (C=O) groups is 1. The van der Waals surface area contributed by atoms with E-state index < -0.39 is 0 Å². The zero-order valence-corrected chi connectivity index (χ0v) is 11.0. The lowest BCUT2D eigenvalue weighted by molar-refractivity contribution is 0.247. The van der Waals surface area contributed by atoms with Gasteiger partial charge in [0, 0.05) is 17.6 Å². The largest absolute Gasteiger partial charge is 0.338 e. The van der Waals surface area contributed by atoms with Crippen molar-refractivity contribution < 1.29 is 4.79 Å². The topological polar surface area (TPSA) is 54.0 Å². The van der Waals surface area contributed by atoms with E-state index in [4.69, 9.17) is 0 Å². The zero-order valence-electron chi connectivity index (χ0n) is 10.2. The lowest BCUT2D eigenvalue weighted by Crippen LogP contribution is -2.33. The number of rotatable bonds is 3. The molecule has 2 N–H and O–H groups in total. The van der Waals surface area contributed by atoms with Gasteiger partial charge >= 0.3 is 6.03 Å². The summed E-state index contributed by atoms with van der Waals surface area (Å²) in [7, 11) is 0. The van der Waals surface area contributed by atoms with Crippen molar-refractivity contribution in [1.29, 1.82) is 0 Å². The molecule has 1 fully saturated rings. The van der Waals surface area contributed by atoms with Crippen molar-refractivity contribution in [1.82, 2.24) is 10.3 Å². The van der Waals surface area contributed by atoms with Crippen LogP contribution in [0.3, 0.4) is 0 Å². The second-order valence-corrected chi connectivity index (χ2v) is 5.85. The predicted molar refractivity (Wildman–Crippen MR) is 70.4 cm³/mol. The number of carbonyl (C=O) groups excluding carboxylic acids is 1. The minimum absolute atomic E-state index is 0.134. The molecular formula is C12H19N3OS. The highest BCUT2D eigenvalue weighted by molar-refractivity contribution is 7.15. The first kappa shape index (κ1) is 12.4. The molecule has 1 aromatic heterocycles. The maximum Gasteiger partial charge on any atom is 0.321 e. The van der Waals surface area contributed by atoms with E-state index in [1.807, 2.05) is 6.92 Å². The monoisotopic (exact) mass is 253 g/mol. The fourth-order valence-corrected chi connectivity index (χ4v) is 2.84. The van der Waals surface area contributed by atoms with E-state index in [9.17, 15) is 4.79 Å². The minimum atomic E-state index is -0.134. The molecule has 0 atom stereocenters. The average molecular weight is 253 g/mol. The molecule has 2 amide bonds. The van der Waals surface area contributed by atoms with Gasteiger partial charge in [0.05, 0.1) is 0 Å². The molecular weight excluding hydrogens is 234 g/mol. The van der Waals surface area contributed by atoms with Gasteiger partial charge in [-0.1, -0.05) is 19.3 Å². The van der Waals surface area contributed by atoms with Crippen molar-refractivity contribution >= 4 is 22.5 Å². The number of nitrogens with zero attached hydrogens (tertiary/aromatic N) is 1.